The highest BCUT2D eigenvalue weighted by Gasteiger charge is 2.44. The lowest BCUT2D eigenvalue weighted by Crippen LogP contribution is -2.25. The van der Waals surface area contributed by atoms with Crippen LogP contribution in [-0.4, -0.2) is 18.0 Å². The van der Waals surface area contributed by atoms with Gasteiger partial charge in [-0.3, -0.25) is 4.79 Å². The van der Waals surface area contributed by atoms with Crippen molar-refractivity contribution >= 4 is 5.78 Å². The average Bonchev–Trinajstić information content (AvgIpc) is 2.87. The molecular formula is C15H16O2. The van der Waals surface area contributed by atoms with Crippen LogP contribution in [0.2, 0.25) is 0 Å². The summed E-state index contributed by atoms with van der Waals surface area (Å²) in [5.41, 5.74) is 3.21. The lowest BCUT2D eigenvalue weighted by atomic mass is 9.84. The van der Waals surface area contributed by atoms with Crippen LogP contribution in [0.3, 0.4) is 0 Å². The van der Waals surface area contributed by atoms with Gasteiger partial charge in [-0.15, -0.1) is 0 Å². The number of hydrogen-bond donors (Lipinski definition) is 0. The summed E-state index contributed by atoms with van der Waals surface area (Å²) in [6, 6.07) is 7.82. The standard InChI is InChI=1S/C15H16O2/c1-9-3-5-11(6-4-9)14(16)13-8-12-7-10(2)15(13)17-12/h3-7,12-13,15H,8H2,1-2H3. The number of rotatable bonds is 2. The van der Waals surface area contributed by atoms with Crippen molar-refractivity contribution in [2.24, 2.45) is 5.92 Å². The molecule has 2 nitrogen and oxygen atoms in total. The van der Waals surface area contributed by atoms with Crippen molar-refractivity contribution in [1.29, 1.82) is 0 Å². The molecule has 0 amide bonds. The molecule has 0 aromatic heterocycles. The summed E-state index contributed by atoms with van der Waals surface area (Å²) in [6.45, 7) is 4.08. The lowest BCUT2D eigenvalue weighted by Gasteiger charge is -2.17. The summed E-state index contributed by atoms with van der Waals surface area (Å²) in [5, 5.41) is 0. The molecule has 2 aliphatic heterocycles. The van der Waals surface area contributed by atoms with E-state index in [1.807, 2.05) is 31.2 Å². The van der Waals surface area contributed by atoms with Crippen LogP contribution in [-0.2, 0) is 4.74 Å². The smallest absolute Gasteiger partial charge is 0.168 e. The van der Waals surface area contributed by atoms with E-state index in [9.17, 15) is 4.79 Å². The predicted molar refractivity (Wildman–Crippen MR) is 66.0 cm³/mol. The van der Waals surface area contributed by atoms with E-state index in [-0.39, 0.29) is 23.9 Å². The lowest BCUT2D eigenvalue weighted by molar-refractivity contribution is 0.0786. The molecule has 2 heterocycles. The van der Waals surface area contributed by atoms with Gasteiger partial charge in [0.05, 0.1) is 18.1 Å². The number of hydrogen-bond acceptors (Lipinski definition) is 2. The second-order valence-electron chi connectivity index (χ2n) is 5.08. The summed E-state index contributed by atoms with van der Waals surface area (Å²) < 4.78 is 5.75. The van der Waals surface area contributed by atoms with Crippen molar-refractivity contribution in [2.45, 2.75) is 32.5 Å². The molecule has 1 aromatic rings. The zero-order valence-corrected chi connectivity index (χ0v) is 10.1. The predicted octanol–water partition coefficient (Wildman–Crippen LogP) is 2.91. The van der Waals surface area contributed by atoms with Gasteiger partial charge in [0.25, 0.3) is 0 Å². The highest BCUT2D eigenvalue weighted by atomic mass is 16.5. The molecule has 2 bridgehead atoms. The fourth-order valence-electron chi connectivity index (χ4n) is 2.81. The van der Waals surface area contributed by atoms with Crippen molar-refractivity contribution in [3.8, 4) is 0 Å². The molecule has 0 aliphatic carbocycles. The third-order valence-electron chi connectivity index (χ3n) is 3.74. The van der Waals surface area contributed by atoms with Crippen LogP contribution in [0.15, 0.2) is 35.9 Å². The molecule has 0 spiro atoms. The van der Waals surface area contributed by atoms with Crippen LogP contribution in [0.4, 0.5) is 0 Å². The Morgan fingerprint density at radius 1 is 1.24 bits per heavy atom. The van der Waals surface area contributed by atoms with Crippen molar-refractivity contribution in [3.63, 3.8) is 0 Å². The Bertz CT molecular complexity index is 484. The molecule has 0 N–H and O–H groups in total. The van der Waals surface area contributed by atoms with Crippen molar-refractivity contribution < 1.29 is 9.53 Å². The van der Waals surface area contributed by atoms with Gasteiger partial charge in [0.2, 0.25) is 0 Å². The molecule has 0 radical (unpaired) electrons. The topological polar surface area (TPSA) is 26.3 Å². The number of ketones is 1. The Labute approximate surface area is 101 Å². The largest absolute Gasteiger partial charge is 0.366 e. The Balaban J connectivity index is 1.84. The summed E-state index contributed by atoms with van der Waals surface area (Å²) >= 11 is 0. The molecule has 0 saturated carbocycles. The summed E-state index contributed by atoms with van der Waals surface area (Å²) in [4.78, 5) is 12.4. The molecule has 1 aromatic carbocycles. The Morgan fingerprint density at radius 2 is 1.94 bits per heavy atom. The van der Waals surface area contributed by atoms with Crippen LogP contribution in [0.5, 0.6) is 0 Å². The molecule has 17 heavy (non-hydrogen) atoms. The van der Waals surface area contributed by atoms with Gasteiger partial charge in [-0.1, -0.05) is 35.9 Å². The monoisotopic (exact) mass is 228 g/mol. The molecule has 1 fully saturated rings. The molecule has 3 unspecified atom stereocenters. The highest BCUT2D eigenvalue weighted by molar-refractivity contribution is 5.98. The van der Waals surface area contributed by atoms with Gasteiger partial charge < -0.3 is 4.74 Å². The summed E-state index contributed by atoms with van der Waals surface area (Å²) in [5.74, 6) is 0.248. The summed E-state index contributed by atoms with van der Waals surface area (Å²) in [7, 11) is 0. The molecule has 3 rings (SSSR count). The third kappa shape index (κ3) is 1.73. The number of Topliss-reactive ketones (excluding diaryl/α,β-unsaturated/α-hetero) is 1. The second-order valence-corrected chi connectivity index (χ2v) is 5.08. The Hall–Kier alpha value is -1.41. The first kappa shape index (κ1) is 10.7. The van der Waals surface area contributed by atoms with Gasteiger partial charge >= 0.3 is 0 Å². The highest BCUT2D eigenvalue weighted by Crippen LogP contribution is 2.39. The van der Waals surface area contributed by atoms with Gasteiger partial charge in [-0.25, -0.2) is 0 Å². The van der Waals surface area contributed by atoms with Crippen molar-refractivity contribution in [2.75, 3.05) is 0 Å². The van der Waals surface area contributed by atoms with E-state index >= 15 is 0 Å². The fraction of sp³-hybridized carbons (Fsp3) is 0.400. The first-order chi connectivity index (χ1) is 8.15. The number of fused-ring (bicyclic) bond motifs is 2. The fourth-order valence-corrected chi connectivity index (χ4v) is 2.81. The first-order valence-corrected chi connectivity index (χ1v) is 6.10. The van der Waals surface area contributed by atoms with Crippen molar-refractivity contribution in [3.05, 3.63) is 47.0 Å². The van der Waals surface area contributed by atoms with Crippen LogP contribution in [0, 0.1) is 12.8 Å². The normalized spacial score (nSPS) is 30.5. The van der Waals surface area contributed by atoms with E-state index < -0.39 is 0 Å². The van der Waals surface area contributed by atoms with Gasteiger partial charge in [0.1, 0.15) is 0 Å². The van der Waals surface area contributed by atoms with E-state index in [1.165, 1.54) is 11.1 Å². The number of aryl methyl sites for hydroxylation is 1. The van der Waals surface area contributed by atoms with E-state index in [0.717, 1.165) is 12.0 Å². The maximum atomic E-state index is 12.4. The minimum Gasteiger partial charge on any atom is -0.366 e. The Kier molecular flexibility index (Phi) is 2.40. The van der Waals surface area contributed by atoms with Crippen LogP contribution < -0.4 is 0 Å². The molecule has 88 valence electrons. The molecule has 3 atom stereocenters. The third-order valence-corrected chi connectivity index (χ3v) is 3.74. The zero-order chi connectivity index (χ0) is 12.0. The van der Waals surface area contributed by atoms with E-state index in [1.54, 1.807) is 0 Å². The first-order valence-electron chi connectivity index (χ1n) is 6.10. The van der Waals surface area contributed by atoms with Gasteiger partial charge in [0, 0.05) is 5.56 Å². The van der Waals surface area contributed by atoms with E-state index in [0.29, 0.717) is 0 Å². The molecular weight excluding hydrogens is 212 g/mol. The molecule has 1 saturated heterocycles. The maximum absolute atomic E-state index is 12.4. The SMILES string of the molecule is CC1=CC2CC(C(=O)c3ccc(C)cc3)C1O2. The molecule has 2 aliphatic rings. The number of ether oxygens (including phenoxy) is 1. The van der Waals surface area contributed by atoms with E-state index in [2.05, 4.69) is 13.0 Å². The Morgan fingerprint density at radius 3 is 2.53 bits per heavy atom. The maximum Gasteiger partial charge on any atom is 0.168 e. The van der Waals surface area contributed by atoms with Gasteiger partial charge in [-0.05, 0) is 25.8 Å². The zero-order valence-electron chi connectivity index (χ0n) is 10.1. The van der Waals surface area contributed by atoms with Crippen LogP contribution in [0.1, 0.15) is 29.3 Å². The minimum absolute atomic E-state index is 0.0210. The number of carbonyl (C=O) groups excluding carboxylic acids is 1. The number of carbonyl (C=O) groups is 1. The minimum atomic E-state index is 0.0210. The van der Waals surface area contributed by atoms with Crippen LogP contribution in [0.25, 0.3) is 0 Å². The summed E-state index contributed by atoms with van der Waals surface area (Å²) in [6.07, 6.45) is 3.17. The van der Waals surface area contributed by atoms with Gasteiger partial charge in [-0.2, -0.15) is 0 Å². The van der Waals surface area contributed by atoms with E-state index in [4.69, 9.17) is 4.74 Å². The quantitative estimate of drug-likeness (QED) is 0.574. The second kappa shape index (κ2) is 3.81. The average molecular weight is 228 g/mol. The number of benzene rings is 1. The van der Waals surface area contributed by atoms with Crippen LogP contribution >= 0.6 is 0 Å². The molecule has 2 heteroatoms. The van der Waals surface area contributed by atoms with Crippen molar-refractivity contribution in [1.82, 2.24) is 0 Å². The van der Waals surface area contributed by atoms with Gasteiger partial charge in [0.15, 0.2) is 5.78 Å².